The summed E-state index contributed by atoms with van der Waals surface area (Å²) in [6, 6.07) is 5.45. The first-order chi connectivity index (χ1) is 11.1. The number of ketones is 1. The second kappa shape index (κ2) is 6.88. The quantitative estimate of drug-likeness (QED) is 0.490. The van der Waals surface area contributed by atoms with E-state index < -0.39 is 0 Å². The van der Waals surface area contributed by atoms with Crippen molar-refractivity contribution in [3.05, 3.63) is 39.3 Å². The number of hydrogen-bond acceptors (Lipinski definition) is 5. The SMILES string of the molecule is N#CN[C@H]1CCC(C(=O)c2csc(-c3cccc(Cl)c3Cl)n2)C1. The lowest BCUT2D eigenvalue weighted by Gasteiger charge is -2.07. The van der Waals surface area contributed by atoms with Crippen LogP contribution in [0, 0.1) is 17.4 Å². The Morgan fingerprint density at radius 1 is 1.39 bits per heavy atom. The number of aromatic nitrogens is 1. The summed E-state index contributed by atoms with van der Waals surface area (Å²) < 4.78 is 0. The summed E-state index contributed by atoms with van der Waals surface area (Å²) in [5.74, 6) is -0.0430. The van der Waals surface area contributed by atoms with E-state index in [1.165, 1.54) is 11.3 Å². The minimum absolute atomic E-state index is 0.0351. The molecule has 0 spiro atoms. The molecule has 1 heterocycles. The molecule has 1 aromatic heterocycles. The van der Waals surface area contributed by atoms with Crippen molar-refractivity contribution in [3.8, 4) is 16.8 Å². The van der Waals surface area contributed by atoms with Gasteiger partial charge in [-0.25, -0.2) is 4.98 Å². The monoisotopic (exact) mass is 365 g/mol. The van der Waals surface area contributed by atoms with Crippen LogP contribution in [0.5, 0.6) is 0 Å². The molecule has 1 saturated carbocycles. The molecule has 3 rings (SSSR count). The van der Waals surface area contributed by atoms with Gasteiger partial charge < -0.3 is 5.32 Å². The van der Waals surface area contributed by atoms with E-state index in [0.29, 0.717) is 27.2 Å². The molecule has 118 valence electrons. The summed E-state index contributed by atoms with van der Waals surface area (Å²) in [7, 11) is 0. The van der Waals surface area contributed by atoms with Gasteiger partial charge in [0.15, 0.2) is 12.0 Å². The van der Waals surface area contributed by atoms with E-state index in [-0.39, 0.29) is 17.7 Å². The third-order valence-electron chi connectivity index (χ3n) is 4.01. The molecule has 0 bridgehead atoms. The molecule has 7 heteroatoms. The first kappa shape index (κ1) is 16.3. The Morgan fingerprint density at radius 2 is 2.22 bits per heavy atom. The van der Waals surface area contributed by atoms with Crippen molar-refractivity contribution in [2.24, 2.45) is 5.92 Å². The molecule has 0 amide bonds. The zero-order valence-corrected chi connectivity index (χ0v) is 14.4. The fourth-order valence-corrected chi connectivity index (χ4v) is 4.12. The number of Topliss-reactive ketones (excluding diaryl/α,β-unsaturated/α-hetero) is 1. The molecule has 1 aromatic carbocycles. The smallest absolute Gasteiger partial charge is 0.185 e. The minimum Gasteiger partial charge on any atom is -0.321 e. The zero-order valence-electron chi connectivity index (χ0n) is 12.1. The molecule has 4 nitrogen and oxygen atoms in total. The van der Waals surface area contributed by atoms with Crippen LogP contribution in [-0.4, -0.2) is 16.8 Å². The average Bonchev–Trinajstić information content (AvgIpc) is 3.19. The number of thiazole rings is 1. The maximum Gasteiger partial charge on any atom is 0.185 e. The predicted octanol–water partition coefficient (Wildman–Crippen LogP) is 4.54. The van der Waals surface area contributed by atoms with Crippen molar-refractivity contribution in [2.45, 2.75) is 25.3 Å². The van der Waals surface area contributed by atoms with Crippen molar-refractivity contribution in [2.75, 3.05) is 0 Å². The number of nitrogens with zero attached hydrogens (tertiary/aromatic N) is 2. The molecular weight excluding hydrogens is 353 g/mol. The van der Waals surface area contributed by atoms with Gasteiger partial charge in [0.1, 0.15) is 10.7 Å². The van der Waals surface area contributed by atoms with E-state index in [0.717, 1.165) is 18.4 Å². The van der Waals surface area contributed by atoms with E-state index in [9.17, 15) is 4.79 Å². The molecule has 1 aliphatic rings. The second-order valence-corrected chi connectivity index (χ2v) is 7.11. The summed E-state index contributed by atoms with van der Waals surface area (Å²) in [6.07, 6.45) is 4.24. The van der Waals surface area contributed by atoms with Crippen LogP contribution in [0.4, 0.5) is 0 Å². The van der Waals surface area contributed by atoms with E-state index in [2.05, 4.69) is 10.3 Å². The van der Waals surface area contributed by atoms with Gasteiger partial charge in [0, 0.05) is 22.9 Å². The lowest BCUT2D eigenvalue weighted by molar-refractivity contribution is 0.0917. The topological polar surface area (TPSA) is 65.8 Å². The van der Waals surface area contributed by atoms with Gasteiger partial charge in [0.25, 0.3) is 0 Å². The van der Waals surface area contributed by atoms with Gasteiger partial charge >= 0.3 is 0 Å². The van der Waals surface area contributed by atoms with Gasteiger partial charge in [0.2, 0.25) is 0 Å². The Hall–Kier alpha value is -1.61. The Kier molecular flexibility index (Phi) is 4.86. The first-order valence-corrected chi connectivity index (χ1v) is 8.82. The van der Waals surface area contributed by atoms with Gasteiger partial charge in [-0.05, 0) is 25.3 Å². The fraction of sp³-hybridized carbons (Fsp3) is 0.312. The highest BCUT2D eigenvalue weighted by Crippen LogP contribution is 2.36. The number of nitriles is 1. The number of rotatable bonds is 4. The number of halogens is 2. The van der Waals surface area contributed by atoms with Crippen molar-refractivity contribution in [1.82, 2.24) is 10.3 Å². The third kappa shape index (κ3) is 3.35. The zero-order chi connectivity index (χ0) is 16.4. The van der Waals surface area contributed by atoms with Gasteiger partial charge in [-0.15, -0.1) is 11.3 Å². The van der Waals surface area contributed by atoms with Crippen LogP contribution in [0.3, 0.4) is 0 Å². The van der Waals surface area contributed by atoms with Gasteiger partial charge in [-0.2, -0.15) is 5.26 Å². The highest BCUT2D eigenvalue weighted by Gasteiger charge is 2.31. The summed E-state index contributed by atoms with van der Waals surface area (Å²) in [5.41, 5.74) is 1.20. The van der Waals surface area contributed by atoms with Crippen molar-refractivity contribution in [1.29, 1.82) is 5.26 Å². The molecule has 2 aromatic rings. The molecule has 2 atom stereocenters. The van der Waals surface area contributed by atoms with Gasteiger partial charge in [-0.1, -0.05) is 35.3 Å². The summed E-state index contributed by atoms with van der Waals surface area (Å²) in [4.78, 5) is 17.0. The van der Waals surface area contributed by atoms with Gasteiger partial charge in [-0.3, -0.25) is 4.79 Å². The molecule has 1 unspecified atom stereocenters. The maximum atomic E-state index is 12.6. The van der Waals surface area contributed by atoms with Crippen LogP contribution in [0.25, 0.3) is 10.6 Å². The number of carbonyl (C=O) groups excluding carboxylic acids is 1. The normalized spacial score (nSPS) is 20.2. The van der Waals surface area contributed by atoms with E-state index in [4.69, 9.17) is 28.5 Å². The molecule has 1 fully saturated rings. The fourth-order valence-electron chi connectivity index (χ4n) is 2.83. The predicted molar refractivity (Wildman–Crippen MR) is 91.8 cm³/mol. The van der Waals surface area contributed by atoms with Crippen LogP contribution >= 0.6 is 34.5 Å². The average molecular weight is 366 g/mol. The van der Waals surface area contributed by atoms with Gasteiger partial charge in [0.05, 0.1) is 10.0 Å². The Labute approximate surface area is 148 Å². The molecule has 23 heavy (non-hydrogen) atoms. The van der Waals surface area contributed by atoms with Crippen LogP contribution in [0.2, 0.25) is 10.0 Å². The number of hydrogen-bond donors (Lipinski definition) is 1. The number of carbonyl (C=O) groups is 1. The Morgan fingerprint density at radius 3 is 3.00 bits per heavy atom. The molecular formula is C16H13Cl2N3OS. The highest BCUT2D eigenvalue weighted by molar-refractivity contribution is 7.13. The van der Waals surface area contributed by atoms with E-state index in [1.54, 1.807) is 11.4 Å². The van der Waals surface area contributed by atoms with Crippen LogP contribution in [0.15, 0.2) is 23.6 Å². The minimum atomic E-state index is -0.0781. The van der Waals surface area contributed by atoms with E-state index >= 15 is 0 Å². The maximum absolute atomic E-state index is 12.6. The Balaban J connectivity index is 1.78. The standard InChI is InChI=1S/C16H13Cl2N3OS/c17-12-3-1-2-11(14(12)18)16-21-13(7-23-16)15(22)9-4-5-10(6-9)20-8-19/h1-3,7,9-10,20H,4-6H2/t9?,10-/m0/s1. The van der Waals surface area contributed by atoms with Crippen LogP contribution < -0.4 is 5.32 Å². The summed E-state index contributed by atoms with van der Waals surface area (Å²) in [6.45, 7) is 0. The summed E-state index contributed by atoms with van der Waals surface area (Å²) in [5, 5.41) is 14.8. The lowest BCUT2D eigenvalue weighted by atomic mass is 10.0. The molecule has 0 radical (unpaired) electrons. The number of nitrogens with one attached hydrogen (secondary N) is 1. The van der Waals surface area contributed by atoms with Crippen LogP contribution in [-0.2, 0) is 0 Å². The van der Waals surface area contributed by atoms with Crippen molar-refractivity contribution in [3.63, 3.8) is 0 Å². The van der Waals surface area contributed by atoms with E-state index in [1.807, 2.05) is 18.3 Å². The van der Waals surface area contributed by atoms with Crippen molar-refractivity contribution < 1.29 is 4.79 Å². The molecule has 0 saturated heterocycles. The lowest BCUT2D eigenvalue weighted by Crippen LogP contribution is -2.22. The van der Waals surface area contributed by atoms with Crippen molar-refractivity contribution >= 4 is 40.3 Å². The molecule has 0 aliphatic heterocycles. The third-order valence-corrected chi connectivity index (χ3v) is 5.71. The Bertz CT molecular complexity index is 784. The molecule has 1 N–H and O–H groups in total. The second-order valence-electron chi connectivity index (χ2n) is 5.47. The number of benzene rings is 1. The largest absolute Gasteiger partial charge is 0.321 e. The van der Waals surface area contributed by atoms with Crippen LogP contribution in [0.1, 0.15) is 29.8 Å². The summed E-state index contributed by atoms with van der Waals surface area (Å²) >= 11 is 13.6. The molecule has 1 aliphatic carbocycles. The first-order valence-electron chi connectivity index (χ1n) is 7.19. The highest BCUT2D eigenvalue weighted by atomic mass is 35.5.